The van der Waals surface area contributed by atoms with Gasteiger partial charge in [-0.2, -0.15) is 18.4 Å². The summed E-state index contributed by atoms with van der Waals surface area (Å²) in [5, 5.41) is 9.39. The molecule has 6 nitrogen and oxygen atoms in total. The summed E-state index contributed by atoms with van der Waals surface area (Å²) >= 11 is 0. The van der Waals surface area contributed by atoms with Gasteiger partial charge in [-0.3, -0.25) is 4.79 Å². The second-order valence-corrected chi connectivity index (χ2v) is 7.38. The van der Waals surface area contributed by atoms with E-state index in [4.69, 9.17) is 0 Å². The van der Waals surface area contributed by atoms with E-state index in [9.17, 15) is 23.2 Å². The number of anilines is 2. The van der Waals surface area contributed by atoms with Gasteiger partial charge in [-0.05, 0) is 38.2 Å². The van der Waals surface area contributed by atoms with Crippen molar-refractivity contribution in [3.8, 4) is 6.07 Å². The Morgan fingerprint density at radius 1 is 1.39 bits per heavy atom. The van der Waals surface area contributed by atoms with E-state index in [2.05, 4.69) is 9.72 Å². The molecule has 9 heteroatoms. The lowest BCUT2D eigenvalue weighted by molar-refractivity contribution is -0.141. The molecule has 0 radical (unpaired) electrons. The van der Waals surface area contributed by atoms with Crippen LogP contribution in [0.5, 0.6) is 0 Å². The molecule has 1 aromatic rings. The van der Waals surface area contributed by atoms with Gasteiger partial charge in [-0.15, -0.1) is 0 Å². The predicted octanol–water partition coefficient (Wildman–Crippen LogP) is 3.35. The van der Waals surface area contributed by atoms with Crippen molar-refractivity contribution in [3.63, 3.8) is 0 Å². The van der Waals surface area contributed by atoms with Crippen LogP contribution < -0.4 is 9.80 Å². The van der Waals surface area contributed by atoms with Crippen LogP contribution in [0.4, 0.5) is 24.8 Å². The smallest absolute Gasteiger partial charge is 0.417 e. The highest BCUT2D eigenvalue weighted by molar-refractivity contribution is 5.69. The third-order valence-electron chi connectivity index (χ3n) is 5.59. The normalized spacial score (nSPS) is 22.0. The summed E-state index contributed by atoms with van der Waals surface area (Å²) in [7, 11) is 1.33. The lowest BCUT2D eigenvalue weighted by Crippen LogP contribution is -2.47. The fourth-order valence-corrected chi connectivity index (χ4v) is 3.75. The Bertz CT molecular complexity index is 791. The van der Waals surface area contributed by atoms with Gasteiger partial charge in [-0.25, -0.2) is 4.98 Å². The lowest BCUT2D eigenvalue weighted by Gasteiger charge is -2.40. The molecule has 0 saturated carbocycles. The summed E-state index contributed by atoms with van der Waals surface area (Å²) in [5.74, 6) is 0.255. The van der Waals surface area contributed by atoms with E-state index in [1.54, 1.807) is 11.0 Å². The van der Waals surface area contributed by atoms with Crippen LogP contribution in [0, 0.1) is 17.2 Å². The monoisotopic (exact) mass is 396 g/mol. The number of ether oxygens (including phenoxy) is 1. The molecule has 3 heterocycles. The van der Waals surface area contributed by atoms with Crippen LogP contribution in [0.25, 0.3) is 0 Å². The largest absolute Gasteiger partial charge is 0.469 e. The number of nitriles is 1. The molecule has 0 aliphatic carbocycles. The summed E-state index contributed by atoms with van der Waals surface area (Å²) in [6, 6.07) is 2.75. The molecule has 0 bridgehead atoms. The number of nitrogens with zero attached hydrogens (tertiary/aromatic N) is 4. The van der Waals surface area contributed by atoms with Gasteiger partial charge in [0.05, 0.1) is 12.7 Å². The number of rotatable bonds is 5. The van der Waals surface area contributed by atoms with Gasteiger partial charge in [0.15, 0.2) is 0 Å². The highest BCUT2D eigenvalue weighted by Gasteiger charge is 2.39. The molecular formula is C19H23F3N4O2. The highest BCUT2D eigenvalue weighted by atomic mass is 19.4. The van der Waals surface area contributed by atoms with Crippen LogP contribution in [0.1, 0.15) is 43.7 Å². The summed E-state index contributed by atoms with van der Waals surface area (Å²) in [6.07, 6.45) is -2.08. The molecule has 3 rings (SSSR count). The Balaban J connectivity index is 1.88. The van der Waals surface area contributed by atoms with Crippen molar-refractivity contribution in [3.05, 3.63) is 17.2 Å². The molecule has 2 atom stereocenters. The fourth-order valence-electron chi connectivity index (χ4n) is 3.75. The maximum absolute atomic E-state index is 13.6. The second kappa shape index (κ2) is 7.86. The molecule has 28 heavy (non-hydrogen) atoms. The Morgan fingerprint density at radius 2 is 2.14 bits per heavy atom. The van der Waals surface area contributed by atoms with E-state index in [0.29, 0.717) is 32.5 Å². The number of hydrogen-bond donors (Lipinski definition) is 0. The Labute approximate surface area is 161 Å². The SMILES string of the molecule is COC(=O)CCC1CCN(c2cc(C(F)(F)F)c(C#N)c(N3CC[C@@H]3C)n2)C1. The molecule has 0 N–H and O–H groups in total. The van der Waals surface area contributed by atoms with Crippen LogP contribution >= 0.6 is 0 Å². The minimum absolute atomic E-state index is 0.0577. The first-order valence-electron chi connectivity index (χ1n) is 9.35. The Hall–Kier alpha value is -2.50. The maximum atomic E-state index is 13.6. The van der Waals surface area contributed by atoms with Gasteiger partial charge in [0, 0.05) is 32.1 Å². The van der Waals surface area contributed by atoms with Crippen LogP contribution in [-0.2, 0) is 15.7 Å². The molecule has 2 fully saturated rings. The third kappa shape index (κ3) is 4.01. The highest BCUT2D eigenvalue weighted by Crippen LogP contribution is 2.40. The first kappa shape index (κ1) is 20.2. The van der Waals surface area contributed by atoms with E-state index in [1.165, 1.54) is 7.11 Å². The van der Waals surface area contributed by atoms with Crippen LogP contribution in [0.3, 0.4) is 0 Å². The molecule has 2 saturated heterocycles. The van der Waals surface area contributed by atoms with Crippen molar-refractivity contribution < 1.29 is 22.7 Å². The van der Waals surface area contributed by atoms with Crippen molar-refractivity contribution in [2.75, 3.05) is 36.5 Å². The quantitative estimate of drug-likeness (QED) is 0.711. The Kier molecular flexibility index (Phi) is 5.68. The summed E-state index contributed by atoms with van der Waals surface area (Å²) in [4.78, 5) is 19.3. The molecule has 1 unspecified atom stereocenters. The predicted molar refractivity (Wildman–Crippen MR) is 96.9 cm³/mol. The Morgan fingerprint density at radius 3 is 2.68 bits per heavy atom. The first-order chi connectivity index (χ1) is 13.2. The topological polar surface area (TPSA) is 69.5 Å². The number of carbonyl (C=O) groups is 1. The summed E-state index contributed by atoms with van der Waals surface area (Å²) in [6.45, 7) is 3.59. The minimum Gasteiger partial charge on any atom is -0.469 e. The average Bonchev–Trinajstić information content (AvgIpc) is 3.12. The van der Waals surface area contributed by atoms with Gasteiger partial charge in [0.2, 0.25) is 0 Å². The van der Waals surface area contributed by atoms with Gasteiger partial charge >= 0.3 is 12.1 Å². The first-order valence-corrected chi connectivity index (χ1v) is 9.35. The molecule has 0 amide bonds. The summed E-state index contributed by atoms with van der Waals surface area (Å²) < 4.78 is 45.5. The number of hydrogen-bond acceptors (Lipinski definition) is 6. The van der Waals surface area contributed by atoms with Gasteiger partial charge in [-0.1, -0.05) is 0 Å². The zero-order valence-corrected chi connectivity index (χ0v) is 15.9. The molecule has 0 aromatic carbocycles. The van der Waals surface area contributed by atoms with Crippen molar-refractivity contribution in [2.24, 2.45) is 5.92 Å². The van der Waals surface area contributed by atoms with E-state index >= 15 is 0 Å². The van der Waals surface area contributed by atoms with Crippen LogP contribution in [-0.4, -0.2) is 43.7 Å². The maximum Gasteiger partial charge on any atom is 0.417 e. The average molecular weight is 396 g/mol. The minimum atomic E-state index is -4.63. The molecular weight excluding hydrogens is 373 g/mol. The number of alkyl halides is 3. The van der Waals surface area contributed by atoms with Crippen molar-refractivity contribution in [2.45, 2.75) is 44.8 Å². The molecule has 0 spiro atoms. The van der Waals surface area contributed by atoms with Gasteiger partial charge < -0.3 is 14.5 Å². The van der Waals surface area contributed by atoms with Gasteiger partial charge in [0.1, 0.15) is 23.3 Å². The van der Waals surface area contributed by atoms with Crippen LogP contribution in [0.15, 0.2) is 6.07 Å². The summed E-state index contributed by atoms with van der Waals surface area (Å²) in [5.41, 5.74) is -1.35. The number of carbonyl (C=O) groups excluding carboxylic acids is 1. The van der Waals surface area contributed by atoms with Crippen molar-refractivity contribution in [1.82, 2.24) is 4.98 Å². The van der Waals surface area contributed by atoms with Crippen molar-refractivity contribution in [1.29, 1.82) is 5.26 Å². The number of pyridine rings is 1. The number of aromatic nitrogens is 1. The zero-order chi connectivity index (χ0) is 20.5. The standard InChI is InChI=1S/C19H23F3N4O2/c1-12-5-8-26(12)18-14(10-23)15(19(20,21)22)9-16(24-18)25-7-6-13(11-25)3-4-17(27)28-2/h9,12-13H,3-8,11H2,1-2H3/t12-,13?/m0/s1. The number of halogens is 3. The van der Waals surface area contributed by atoms with Crippen molar-refractivity contribution >= 4 is 17.6 Å². The van der Waals surface area contributed by atoms with E-state index < -0.39 is 17.3 Å². The van der Waals surface area contributed by atoms with Crippen LogP contribution in [0.2, 0.25) is 0 Å². The van der Waals surface area contributed by atoms with E-state index in [1.807, 2.05) is 11.8 Å². The molecule has 2 aliphatic rings. The molecule has 2 aliphatic heterocycles. The fraction of sp³-hybridized carbons (Fsp3) is 0.632. The lowest BCUT2D eigenvalue weighted by atomic mass is 10.0. The van der Waals surface area contributed by atoms with E-state index in [0.717, 1.165) is 18.9 Å². The third-order valence-corrected chi connectivity index (χ3v) is 5.59. The second-order valence-electron chi connectivity index (χ2n) is 7.38. The number of methoxy groups -OCH3 is 1. The van der Waals surface area contributed by atoms with Gasteiger partial charge in [0.25, 0.3) is 0 Å². The number of esters is 1. The zero-order valence-electron chi connectivity index (χ0n) is 15.9. The molecule has 152 valence electrons. The molecule has 1 aromatic heterocycles. The van der Waals surface area contributed by atoms with E-state index in [-0.39, 0.29) is 29.6 Å².